The van der Waals surface area contributed by atoms with Crippen LogP contribution in [0, 0.1) is 0 Å². The van der Waals surface area contributed by atoms with E-state index in [1.807, 2.05) is 30.3 Å². The standard InChI is InChI=1S/C18H26O3Si/c1-18(2,3)14-8-6-7-13(11-14)17(19)20-15-9-10-16(12-15)21-22(4)5/h6-8,11-12,15,22H,9-10H2,1-5H3. The van der Waals surface area contributed by atoms with Crippen LogP contribution in [0.2, 0.25) is 13.1 Å². The van der Waals surface area contributed by atoms with E-state index in [2.05, 4.69) is 33.9 Å². The highest BCUT2D eigenvalue weighted by molar-refractivity contribution is 6.48. The minimum Gasteiger partial charge on any atom is -0.550 e. The summed E-state index contributed by atoms with van der Waals surface area (Å²) in [5.74, 6) is 0.735. The first kappa shape index (κ1) is 16.8. The zero-order valence-corrected chi connectivity index (χ0v) is 15.3. The lowest BCUT2D eigenvalue weighted by Gasteiger charge is -2.19. The van der Waals surface area contributed by atoms with Crippen molar-refractivity contribution in [2.24, 2.45) is 0 Å². The third-order valence-electron chi connectivity index (χ3n) is 3.66. The van der Waals surface area contributed by atoms with Crippen LogP contribution < -0.4 is 0 Å². The van der Waals surface area contributed by atoms with Gasteiger partial charge in [0.25, 0.3) is 0 Å². The van der Waals surface area contributed by atoms with Gasteiger partial charge in [0.2, 0.25) is 9.04 Å². The lowest BCUT2D eigenvalue weighted by atomic mass is 9.86. The first-order chi connectivity index (χ1) is 10.3. The number of hydrogen-bond donors (Lipinski definition) is 0. The number of benzene rings is 1. The van der Waals surface area contributed by atoms with Crippen molar-refractivity contribution in [3.05, 3.63) is 47.2 Å². The van der Waals surface area contributed by atoms with Gasteiger partial charge < -0.3 is 9.16 Å². The van der Waals surface area contributed by atoms with Crippen molar-refractivity contribution in [1.29, 1.82) is 0 Å². The topological polar surface area (TPSA) is 35.5 Å². The summed E-state index contributed by atoms with van der Waals surface area (Å²) in [6, 6.07) is 7.71. The van der Waals surface area contributed by atoms with Crippen molar-refractivity contribution in [1.82, 2.24) is 0 Å². The molecule has 0 N–H and O–H groups in total. The predicted octanol–water partition coefficient (Wildman–Crippen LogP) is 4.19. The van der Waals surface area contributed by atoms with Crippen LogP contribution in [-0.2, 0) is 14.6 Å². The van der Waals surface area contributed by atoms with Gasteiger partial charge in [0.15, 0.2) is 0 Å². The molecule has 0 fully saturated rings. The smallest absolute Gasteiger partial charge is 0.338 e. The van der Waals surface area contributed by atoms with Crippen molar-refractivity contribution in [2.75, 3.05) is 0 Å². The molecule has 0 spiro atoms. The minimum absolute atomic E-state index is 0.0203. The summed E-state index contributed by atoms with van der Waals surface area (Å²) in [7, 11) is -1.08. The van der Waals surface area contributed by atoms with Crippen molar-refractivity contribution < 1.29 is 14.0 Å². The van der Waals surface area contributed by atoms with E-state index < -0.39 is 9.04 Å². The molecule has 1 aromatic rings. The van der Waals surface area contributed by atoms with Crippen LogP contribution in [0.4, 0.5) is 0 Å². The summed E-state index contributed by atoms with van der Waals surface area (Å²) in [4.78, 5) is 12.3. The number of rotatable bonds is 4. The Morgan fingerprint density at radius 3 is 2.64 bits per heavy atom. The SMILES string of the molecule is C[SiH](C)OC1=CC(OC(=O)c2cccc(C(C)(C)C)c2)CC1. The van der Waals surface area contributed by atoms with Crippen LogP contribution in [0.15, 0.2) is 36.1 Å². The number of carbonyl (C=O) groups excluding carboxylic acids is 1. The molecule has 1 aromatic carbocycles. The fourth-order valence-electron chi connectivity index (χ4n) is 2.47. The highest BCUT2D eigenvalue weighted by Crippen LogP contribution is 2.25. The molecule has 0 aliphatic heterocycles. The first-order valence-electron chi connectivity index (χ1n) is 7.94. The van der Waals surface area contributed by atoms with Gasteiger partial charge in [-0.25, -0.2) is 4.79 Å². The van der Waals surface area contributed by atoms with Gasteiger partial charge in [-0.2, -0.15) is 0 Å². The van der Waals surface area contributed by atoms with Gasteiger partial charge in [0, 0.05) is 6.42 Å². The Hall–Kier alpha value is -1.55. The molecular formula is C18H26O3Si. The maximum Gasteiger partial charge on any atom is 0.338 e. The van der Waals surface area contributed by atoms with E-state index in [1.54, 1.807) is 0 Å². The summed E-state index contributed by atoms with van der Waals surface area (Å²) >= 11 is 0. The van der Waals surface area contributed by atoms with Crippen LogP contribution in [0.5, 0.6) is 0 Å². The molecule has 0 aromatic heterocycles. The first-order valence-corrected chi connectivity index (χ1v) is 10.7. The monoisotopic (exact) mass is 318 g/mol. The van der Waals surface area contributed by atoms with Crippen molar-refractivity contribution in [3.63, 3.8) is 0 Å². The van der Waals surface area contributed by atoms with Crippen molar-refractivity contribution in [3.8, 4) is 0 Å². The van der Waals surface area contributed by atoms with Gasteiger partial charge in [-0.3, -0.25) is 0 Å². The van der Waals surface area contributed by atoms with Crippen molar-refractivity contribution >= 4 is 15.0 Å². The second-order valence-corrected chi connectivity index (χ2v) is 9.45. The van der Waals surface area contributed by atoms with E-state index >= 15 is 0 Å². The minimum atomic E-state index is -1.08. The summed E-state index contributed by atoms with van der Waals surface area (Å²) < 4.78 is 11.4. The van der Waals surface area contributed by atoms with Crippen LogP contribution in [0.25, 0.3) is 0 Å². The molecule has 0 saturated carbocycles. The molecular weight excluding hydrogens is 292 g/mol. The highest BCUT2D eigenvalue weighted by Gasteiger charge is 2.23. The van der Waals surface area contributed by atoms with Gasteiger partial charge in [-0.05, 0) is 48.7 Å². The number of carbonyl (C=O) groups is 1. The zero-order valence-electron chi connectivity index (χ0n) is 14.2. The number of ether oxygens (including phenoxy) is 1. The molecule has 22 heavy (non-hydrogen) atoms. The molecule has 4 heteroatoms. The predicted molar refractivity (Wildman–Crippen MR) is 91.6 cm³/mol. The third-order valence-corrected chi connectivity index (χ3v) is 4.43. The Morgan fingerprint density at radius 2 is 2.00 bits per heavy atom. The normalized spacial score (nSPS) is 18.3. The molecule has 2 rings (SSSR count). The van der Waals surface area contributed by atoms with Gasteiger partial charge in [0.05, 0.1) is 11.3 Å². The van der Waals surface area contributed by atoms with E-state index in [-0.39, 0.29) is 17.5 Å². The molecule has 0 heterocycles. The summed E-state index contributed by atoms with van der Waals surface area (Å²) in [5, 5.41) is 0. The second kappa shape index (κ2) is 6.69. The fourth-order valence-corrected chi connectivity index (χ4v) is 3.27. The van der Waals surface area contributed by atoms with E-state index in [4.69, 9.17) is 9.16 Å². The van der Waals surface area contributed by atoms with Crippen LogP contribution in [0.1, 0.15) is 49.5 Å². The van der Waals surface area contributed by atoms with Gasteiger partial charge in [0.1, 0.15) is 6.10 Å². The summed E-state index contributed by atoms with van der Waals surface area (Å²) in [5.41, 5.74) is 1.78. The molecule has 1 aliphatic carbocycles. The maximum absolute atomic E-state index is 12.3. The third kappa shape index (κ3) is 4.47. The molecule has 0 saturated heterocycles. The van der Waals surface area contributed by atoms with E-state index in [0.717, 1.165) is 24.2 Å². The Morgan fingerprint density at radius 1 is 1.27 bits per heavy atom. The summed E-state index contributed by atoms with van der Waals surface area (Å²) in [6.45, 7) is 10.7. The van der Waals surface area contributed by atoms with Crippen molar-refractivity contribution in [2.45, 2.75) is 58.2 Å². The molecule has 1 aliphatic rings. The van der Waals surface area contributed by atoms with Gasteiger partial charge in [-0.1, -0.05) is 32.9 Å². The number of esters is 1. The molecule has 0 amide bonds. The average molecular weight is 318 g/mol. The highest BCUT2D eigenvalue weighted by atomic mass is 28.3. The Balaban J connectivity index is 2.03. The van der Waals surface area contributed by atoms with Gasteiger partial charge in [-0.15, -0.1) is 0 Å². The fraction of sp³-hybridized carbons (Fsp3) is 0.500. The average Bonchev–Trinajstić information content (AvgIpc) is 2.84. The Kier molecular flexibility index (Phi) is 5.11. The number of allylic oxidation sites excluding steroid dienone is 1. The lowest BCUT2D eigenvalue weighted by molar-refractivity contribution is 0.0395. The zero-order chi connectivity index (χ0) is 16.3. The Labute approximate surface area is 135 Å². The molecule has 1 unspecified atom stereocenters. The molecule has 3 nitrogen and oxygen atoms in total. The molecule has 120 valence electrons. The molecule has 1 atom stereocenters. The maximum atomic E-state index is 12.3. The molecule has 0 bridgehead atoms. The van der Waals surface area contributed by atoms with Crippen LogP contribution in [0.3, 0.4) is 0 Å². The Bertz CT molecular complexity index is 570. The largest absolute Gasteiger partial charge is 0.550 e. The summed E-state index contributed by atoms with van der Waals surface area (Å²) in [6.07, 6.45) is 3.48. The molecule has 0 radical (unpaired) electrons. The van der Waals surface area contributed by atoms with E-state index in [9.17, 15) is 4.79 Å². The number of hydrogen-bond acceptors (Lipinski definition) is 3. The van der Waals surface area contributed by atoms with E-state index in [1.165, 1.54) is 0 Å². The second-order valence-electron chi connectivity index (χ2n) is 7.11. The van der Waals surface area contributed by atoms with Crippen LogP contribution in [-0.4, -0.2) is 21.1 Å². The van der Waals surface area contributed by atoms with Crippen LogP contribution >= 0.6 is 0 Å². The quantitative estimate of drug-likeness (QED) is 0.617. The lowest BCUT2D eigenvalue weighted by Crippen LogP contribution is -2.16. The van der Waals surface area contributed by atoms with E-state index in [0.29, 0.717) is 5.56 Å². The van der Waals surface area contributed by atoms with Gasteiger partial charge >= 0.3 is 5.97 Å².